The lowest BCUT2D eigenvalue weighted by atomic mass is 10.00. The number of aromatic amines is 1. The Morgan fingerprint density at radius 2 is 1.59 bits per heavy atom. The van der Waals surface area contributed by atoms with Crippen molar-refractivity contribution in [2.75, 3.05) is 6.61 Å². The number of para-hydroxylation sites is 1. The van der Waals surface area contributed by atoms with E-state index in [2.05, 4.69) is 17.1 Å². The summed E-state index contributed by atoms with van der Waals surface area (Å²) in [7, 11) is 0. The van der Waals surface area contributed by atoms with Crippen molar-refractivity contribution >= 4 is 50.8 Å². The molecule has 4 aromatic carbocycles. The summed E-state index contributed by atoms with van der Waals surface area (Å²) < 4.78 is 6.06. The van der Waals surface area contributed by atoms with Crippen molar-refractivity contribution in [1.29, 1.82) is 0 Å². The normalized spacial score (nSPS) is 11.2. The zero-order valence-corrected chi connectivity index (χ0v) is 19.7. The smallest absolute Gasteiger partial charge is 0.352 e. The van der Waals surface area contributed by atoms with Crippen LogP contribution in [0.1, 0.15) is 22.5 Å². The lowest BCUT2D eigenvalue weighted by molar-refractivity contribution is 0.0690. The first kappa shape index (κ1) is 22.3. The van der Waals surface area contributed by atoms with E-state index in [1.807, 2.05) is 60.7 Å². The quantitative estimate of drug-likeness (QED) is 0.227. The Morgan fingerprint density at radius 1 is 0.882 bits per heavy atom. The van der Waals surface area contributed by atoms with Crippen molar-refractivity contribution in [2.45, 2.75) is 12.8 Å². The fourth-order valence-electron chi connectivity index (χ4n) is 4.42. The van der Waals surface area contributed by atoms with Crippen molar-refractivity contribution in [1.82, 2.24) is 4.98 Å². The number of ether oxygens (including phenoxy) is 1. The van der Waals surface area contributed by atoms with Crippen molar-refractivity contribution < 1.29 is 14.6 Å². The molecule has 5 rings (SSSR count). The van der Waals surface area contributed by atoms with E-state index < -0.39 is 5.97 Å². The number of carboxylic acids is 1. The van der Waals surface area contributed by atoms with E-state index in [-0.39, 0.29) is 5.69 Å². The molecule has 0 amide bonds. The van der Waals surface area contributed by atoms with Gasteiger partial charge in [-0.25, -0.2) is 4.79 Å². The first-order chi connectivity index (χ1) is 16.5. The summed E-state index contributed by atoms with van der Waals surface area (Å²) in [6.45, 7) is 0.476. The first-order valence-corrected chi connectivity index (χ1v) is 11.7. The number of hydrogen-bond donors (Lipinski definition) is 2. The second-order valence-corrected chi connectivity index (χ2v) is 8.97. The highest BCUT2D eigenvalue weighted by Crippen LogP contribution is 2.35. The number of hydrogen-bond acceptors (Lipinski definition) is 2. The summed E-state index contributed by atoms with van der Waals surface area (Å²) in [5.74, 6) is -0.160. The highest BCUT2D eigenvalue weighted by Gasteiger charge is 2.19. The molecule has 0 unspecified atom stereocenters. The van der Waals surface area contributed by atoms with Gasteiger partial charge in [0.2, 0.25) is 0 Å². The van der Waals surface area contributed by atoms with Crippen molar-refractivity contribution in [2.24, 2.45) is 0 Å². The number of H-pyrrole nitrogens is 1. The lowest BCUT2D eigenvalue weighted by Crippen LogP contribution is -2.04. The third-order valence-corrected chi connectivity index (χ3v) is 6.34. The van der Waals surface area contributed by atoms with E-state index in [0.29, 0.717) is 29.5 Å². The number of aryl methyl sites for hydroxylation is 1. The average molecular weight is 490 g/mol. The monoisotopic (exact) mass is 489 g/mol. The Labute approximate surface area is 206 Å². The second-order valence-electron chi connectivity index (χ2n) is 8.10. The van der Waals surface area contributed by atoms with Crippen LogP contribution in [-0.2, 0) is 6.42 Å². The molecule has 34 heavy (non-hydrogen) atoms. The van der Waals surface area contributed by atoms with Crippen LogP contribution in [0.5, 0.6) is 5.75 Å². The molecule has 0 saturated carbocycles. The molecule has 6 heteroatoms. The van der Waals surface area contributed by atoms with Gasteiger partial charge >= 0.3 is 5.97 Å². The van der Waals surface area contributed by atoms with E-state index in [9.17, 15) is 9.90 Å². The molecule has 5 aromatic rings. The zero-order valence-electron chi connectivity index (χ0n) is 18.1. The molecule has 0 fully saturated rings. The number of nitrogens with one attached hydrogen (secondary N) is 1. The summed E-state index contributed by atoms with van der Waals surface area (Å²) in [6.07, 6.45) is 1.23. The number of rotatable bonds is 7. The van der Waals surface area contributed by atoms with Crippen LogP contribution in [0.4, 0.5) is 0 Å². The minimum Gasteiger partial charge on any atom is -0.493 e. The molecule has 0 aliphatic carbocycles. The maximum absolute atomic E-state index is 12.0. The van der Waals surface area contributed by atoms with E-state index in [0.717, 1.165) is 44.1 Å². The van der Waals surface area contributed by atoms with Gasteiger partial charge in [-0.05, 0) is 53.6 Å². The van der Waals surface area contributed by atoms with Gasteiger partial charge in [-0.3, -0.25) is 0 Å². The molecule has 1 heterocycles. The number of halogens is 2. The molecule has 170 valence electrons. The van der Waals surface area contributed by atoms with Crippen LogP contribution >= 0.6 is 23.2 Å². The van der Waals surface area contributed by atoms with Crippen LogP contribution < -0.4 is 4.74 Å². The Balaban J connectivity index is 1.42. The topological polar surface area (TPSA) is 62.3 Å². The highest BCUT2D eigenvalue weighted by molar-refractivity contribution is 6.35. The Morgan fingerprint density at radius 3 is 2.38 bits per heavy atom. The second kappa shape index (κ2) is 9.41. The van der Waals surface area contributed by atoms with E-state index in [4.69, 9.17) is 27.9 Å². The molecule has 0 aliphatic rings. The number of aromatic carboxylic acids is 1. The standard InChI is InChI=1S/C28H21Cl2NO3/c29-19-14-18(15-20(30)16-19)22-9-4-10-23-24(27(28(32)33)31-26(22)23)11-5-13-34-25-12-3-7-17-6-1-2-8-21(17)25/h1-4,6-10,12,14-16,31H,5,11,13H2,(H,32,33). The summed E-state index contributed by atoms with van der Waals surface area (Å²) in [5.41, 5.74) is 3.39. The number of aromatic nitrogens is 1. The lowest BCUT2D eigenvalue weighted by Gasteiger charge is -2.09. The van der Waals surface area contributed by atoms with Crippen molar-refractivity contribution in [3.8, 4) is 16.9 Å². The van der Waals surface area contributed by atoms with Crippen LogP contribution in [-0.4, -0.2) is 22.7 Å². The summed E-state index contributed by atoms with van der Waals surface area (Å²) in [6, 6.07) is 25.2. The molecule has 0 atom stereocenters. The summed E-state index contributed by atoms with van der Waals surface area (Å²) in [5, 5.41) is 14.0. The fourth-order valence-corrected chi connectivity index (χ4v) is 4.94. The van der Waals surface area contributed by atoms with Crippen LogP contribution in [0.2, 0.25) is 10.0 Å². The van der Waals surface area contributed by atoms with Gasteiger partial charge in [0.1, 0.15) is 11.4 Å². The molecule has 1 aromatic heterocycles. The predicted octanol–water partition coefficient (Wildman–Crippen LogP) is 8.00. The van der Waals surface area contributed by atoms with E-state index in [1.165, 1.54) is 0 Å². The molecule has 0 bridgehead atoms. The minimum atomic E-state index is -0.990. The fraction of sp³-hybridized carbons (Fsp3) is 0.107. The van der Waals surface area contributed by atoms with E-state index in [1.54, 1.807) is 6.07 Å². The maximum Gasteiger partial charge on any atom is 0.352 e. The molecule has 2 N–H and O–H groups in total. The van der Waals surface area contributed by atoms with Crippen LogP contribution in [0.3, 0.4) is 0 Å². The van der Waals surface area contributed by atoms with Gasteiger partial charge in [-0.2, -0.15) is 0 Å². The van der Waals surface area contributed by atoms with Gasteiger partial charge in [0.25, 0.3) is 0 Å². The maximum atomic E-state index is 12.0. The van der Waals surface area contributed by atoms with Gasteiger partial charge in [0, 0.05) is 26.4 Å². The Hall–Kier alpha value is -3.47. The van der Waals surface area contributed by atoms with Crippen molar-refractivity contribution in [3.63, 3.8) is 0 Å². The molecule has 4 nitrogen and oxygen atoms in total. The number of carboxylic acid groups (broad SMARTS) is 1. The van der Waals surface area contributed by atoms with Gasteiger partial charge < -0.3 is 14.8 Å². The number of fused-ring (bicyclic) bond motifs is 2. The van der Waals surface area contributed by atoms with Gasteiger partial charge in [-0.1, -0.05) is 77.8 Å². The van der Waals surface area contributed by atoms with Gasteiger partial charge in [-0.15, -0.1) is 0 Å². The van der Waals surface area contributed by atoms with Gasteiger partial charge in [0.15, 0.2) is 0 Å². The highest BCUT2D eigenvalue weighted by atomic mass is 35.5. The van der Waals surface area contributed by atoms with E-state index >= 15 is 0 Å². The Bertz CT molecular complexity index is 1500. The van der Waals surface area contributed by atoms with Gasteiger partial charge in [0.05, 0.1) is 12.1 Å². The largest absolute Gasteiger partial charge is 0.493 e. The summed E-state index contributed by atoms with van der Waals surface area (Å²) >= 11 is 12.4. The predicted molar refractivity (Wildman–Crippen MR) is 138 cm³/mol. The third kappa shape index (κ3) is 4.35. The van der Waals surface area contributed by atoms with Crippen LogP contribution in [0.25, 0.3) is 32.8 Å². The summed E-state index contributed by atoms with van der Waals surface area (Å²) in [4.78, 5) is 15.2. The van der Waals surface area contributed by atoms with Crippen molar-refractivity contribution in [3.05, 3.63) is 100 Å². The van der Waals surface area contributed by atoms with Crippen LogP contribution in [0, 0.1) is 0 Å². The minimum absolute atomic E-state index is 0.195. The van der Waals surface area contributed by atoms with Crippen LogP contribution in [0.15, 0.2) is 78.9 Å². The molecular formula is C28H21Cl2NO3. The zero-order chi connectivity index (χ0) is 23.7. The number of carbonyl (C=O) groups is 1. The SMILES string of the molecule is O=C(O)c1[nH]c2c(-c3cc(Cl)cc(Cl)c3)cccc2c1CCCOc1cccc2ccccc12. The molecule has 0 saturated heterocycles. The first-order valence-electron chi connectivity index (χ1n) is 10.9. The number of benzene rings is 4. The molecule has 0 radical (unpaired) electrons. The molecular weight excluding hydrogens is 469 g/mol. The molecule has 0 spiro atoms. The average Bonchev–Trinajstić information content (AvgIpc) is 3.20. The molecule has 0 aliphatic heterocycles. The third-order valence-electron chi connectivity index (χ3n) is 5.91. The Kier molecular flexibility index (Phi) is 6.18.